The number of hydrogen-bond donors (Lipinski definition) is 1. The second kappa shape index (κ2) is 12.2. The van der Waals surface area contributed by atoms with Gasteiger partial charge in [0.2, 0.25) is 0 Å². The quantitative estimate of drug-likeness (QED) is 0.403. The first-order valence-corrected chi connectivity index (χ1v) is 12.0. The third-order valence-corrected chi connectivity index (χ3v) is 6.02. The Bertz CT molecular complexity index is 1180. The summed E-state index contributed by atoms with van der Waals surface area (Å²) in [5, 5.41) is 6.95. The number of hydrogen-bond acceptors (Lipinski definition) is 8. The number of morpholine rings is 1. The van der Waals surface area contributed by atoms with E-state index in [-0.39, 0.29) is 25.2 Å². The van der Waals surface area contributed by atoms with Gasteiger partial charge in [-0.3, -0.25) is 4.90 Å². The highest BCUT2D eigenvalue weighted by atomic mass is 16.7. The molecule has 0 saturated carbocycles. The molecule has 0 radical (unpaired) electrons. The lowest BCUT2D eigenvalue weighted by molar-refractivity contribution is 0.0342. The number of methoxy groups -OCH3 is 2. The first-order valence-electron chi connectivity index (χ1n) is 12.0. The molecule has 0 aliphatic carbocycles. The predicted molar refractivity (Wildman–Crippen MR) is 135 cm³/mol. The van der Waals surface area contributed by atoms with Gasteiger partial charge < -0.3 is 23.7 Å². The third-order valence-electron chi connectivity index (χ3n) is 6.02. The van der Waals surface area contributed by atoms with E-state index >= 15 is 0 Å². The fourth-order valence-corrected chi connectivity index (χ4v) is 4.18. The lowest BCUT2D eigenvalue weighted by atomic mass is 9.98. The third kappa shape index (κ3) is 5.96. The van der Waals surface area contributed by atoms with Gasteiger partial charge in [0, 0.05) is 39.9 Å². The van der Waals surface area contributed by atoms with Crippen molar-refractivity contribution in [3.8, 4) is 28.6 Å². The van der Waals surface area contributed by atoms with E-state index < -0.39 is 0 Å². The average molecular weight is 499 g/mol. The summed E-state index contributed by atoms with van der Waals surface area (Å²) in [7, 11) is 3.12. The minimum absolute atomic E-state index is 0.0304. The number of ether oxygens (including phenoxy) is 5. The van der Waals surface area contributed by atoms with E-state index in [0.29, 0.717) is 28.6 Å². The van der Waals surface area contributed by atoms with Gasteiger partial charge in [-0.1, -0.05) is 26.0 Å². The summed E-state index contributed by atoms with van der Waals surface area (Å²) in [4.78, 5) is 15.2. The summed E-state index contributed by atoms with van der Waals surface area (Å²) in [5.41, 5.74) is 3.13. The van der Waals surface area contributed by atoms with Crippen molar-refractivity contribution in [3.63, 3.8) is 0 Å². The molecule has 0 bridgehead atoms. The Morgan fingerprint density at radius 2 is 1.67 bits per heavy atom. The van der Waals surface area contributed by atoms with Crippen molar-refractivity contribution in [3.05, 3.63) is 58.0 Å². The van der Waals surface area contributed by atoms with Gasteiger partial charge in [-0.25, -0.2) is 14.5 Å². The number of nitrogens with zero attached hydrogens (tertiary/aromatic N) is 3. The van der Waals surface area contributed by atoms with Gasteiger partial charge in [0.25, 0.3) is 0 Å². The van der Waals surface area contributed by atoms with Crippen LogP contribution in [0.25, 0.3) is 17.1 Å². The van der Waals surface area contributed by atoms with Gasteiger partial charge in [-0.15, -0.1) is 0 Å². The molecular formula is C26H34N4O6. The molecular weight excluding hydrogens is 464 g/mol. The van der Waals surface area contributed by atoms with E-state index in [2.05, 4.69) is 28.9 Å². The van der Waals surface area contributed by atoms with Crippen LogP contribution in [-0.4, -0.2) is 73.8 Å². The molecule has 194 valence electrons. The minimum atomic E-state index is -0.338. The van der Waals surface area contributed by atoms with Crippen LogP contribution in [0.5, 0.6) is 11.5 Å². The molecule has 1 N–H and O–H groups in total. The topological polar surface area (TPSA) is 100 Å². The van der Waals surface area contributed by atoms with Gasteiger partial charge in [-0.2, -0.15) is 5.10 Å². The molecule has 36 heavy (non-hydrogen) atoms. The Balaban J connectivity index is 1.72. The van der Waals surface area contributed by atoms with Crippen molar-refractivity contribution in [2.75, 3.05) is 54.1 Å². The van der Waals surface area contributed by atoms with E-state index in [4.69, 9.17) is 23.7 Å². The van der Waals surface area contributed by atoms with Crippen LogP contribution < -0.4 is 15.2 Å². The Kier molecular flexibility index (Phi) is 8.76. The molecule has 1 saturated heterocycles. The molecule has 0 unspecified atom stereocenters. The number of nitrogens with one attached hydrogen (secondary N) is 1. The van der Waals surface area contributed by atoms with Crippen LogP contribution in [0.2, 0.25) is 0 Å². The van der Waals surface area contributed by atoms with Crippen LogP contribution >= 0.6 is 0 Å². The highest BCUT2D eigenvalue weighted by molar-refractivity contribution is 5.69. The van der Waals surface area contributed by atoms with Crippen molar-refractivity contribution in [2.24, 2.45) is 0 Å². The Labute approximate surface area is 210 Å². The number of H-pyrrole nitrogens is 1. The SMILES string of the molecule is COCOc1cc(OCOC)c(C(C)C)cc1-c1n[nH]c(=O)n1-c1ccc(CN2CCOCC2)cc1. The molecule has 1 aliphatic heterocycles. The molecule has 2 aromatic carbocycles. The largest absolute Gasteiger partial charge is 0.467 e. The fraction of sp³-hybridized carbons (Fsp3) is 0.462. The van der Waals surface area contributed by atoms with Gasteiger partial charge >= 0.3 is 5.69 Å². The molecule has 1 fully saturated rings. The van der Waals surface area contributed by atoms with E-state index in [1.165, 1.54) is 5.56 Å². The molecule has 4 rings (SSSR count). The first-order chi connectivity index (χ1) is 17.5. The molecule has 0 amide bonds. The highest BCUT2D eigenvalue weighted by Crippen LogP contribution is 2.39. The summed E-state index contributed by atoms with van der Waals surface area (Å²) in [6.45, 7) is 8.46. The summed E-state index contributed by atoms with van der Waals surface area (Å²) in [5.74, 6) is 1.70. The highest BCUT2D eigenvalue weighted by Gasteiger charge is 2.22. The predicted octanol–water partition coefficient (Wildman–Crippen LogP) is 3.15. The van der Waals surface area contributed by atoms with Gasteiger partial charge in [-0.05, 0) is 35.2 Å². The standard InChI is InChI=1S/C26H34N4O6/c1-18(2)21-13-22(24(36-17-33-4)14-23(21)35-16-32-3)25-27-28-26(31)30(25)20-7-5-19(6-8-20)15-29-9-11-34-12-10-29/h5-8,13-14,18H,9-12,15-17H2,1-4H3,(H,28,31). The zero-order chi connectivity index (χ0) is 25.5. The Morgan fingerprint density at radius 3 is 2.31 bits per heavy atom. The number of rotatable bonds is 11. The normalized spacial score (nSPS) is 14.4. The maximum Gasteiger partial charge on any atom is 0.348 e. The lowest BCUT2D eigenvalue weighted by Gasteiger charge is -2.26. The van der Waals surface area contributed by atoms with E-state index in [9.17, 15) is 4.79 Å². The summed E-state index contributed by atoms with van der Waals surface area (Å²) in [6.07, 6.45) is 0. The van der Waals surface area contributed by atoms with E-state index in [1.807, 2.05) is 30.3 Å². The van der Waals surface area contributed by atoms with Crippen molar-refractivity contribution < 1.29 is 23.7 Å². The number of benzene rings is 2. The van der Waals surface area contributed by atoms with E-state index in [0.717, 1.165) is 38.4 Å². The van der Waals surface area contributed by atoms with Crippen molar-refractivity contribution in [2.45, 2.75) is 26.3 Å². The maximum absolute atomic E-state index is 12.9. The molecule has 3 aromatic rings. The average Bonchev–Trinajstić information content (AvgIpc) is 3.27. The molecule has 10 heteroatoms. The fourth-order valence-electron chi connectivity index (χ4n) is 4.18. The number of aromatic amines is 1. The Hall–Kier alpha value is -3.18. The van der Waals surface area contributed by atoms with Gasteiger partial charge in [0.15, 0.2) is 19.4 Å². The molecule has 1 aliphatic rings. The van der Waals surface area contributed by atoms with Crippen LogP contribution in [0.1, 0.15) is 30.9 Å². The van der Waals surface area contributed by atoms with Gasteiger partial charge in [0.05, 0.1) is 24.5 Å². The second-order valence-electron chi connectivity index (χ2n) is 8.89. The van der Waals surface area contributed by atoms with Crippen LogP contribution in [0, 0.1) is 0 Å². The zero-order valence-electron chi connectivity index (χ0n) is 21.3. The van der Waals surface area contributed by atoms with Crippen molar-refractivity contribution in [1.29, 1.82) is 0 Å². The summed E-state index contributed by atoms with van der Waals surface area (Å²) < 4.78 is 28.9. The summed E-state index contributed by atoms with van der Waals surface area (Å²) in [6, 6.07) is 11.7. The van der Waals surface area contributed by atoms with Crippen molar-refractivity contribution >= 4 is 0 Å². The molecule has 1 aromatic heterocycles. The zero-order valence-corrected chi connectivity index (χ0v) is 21.3. The molecule has 10 nitrogen and oxygen atoms in total. The lowest BCUT2D eigenvalue weighted by Crippen LogP contribution is -2.35. The molecule has 2 heterocycles. The Morgan fingerprint density at radius 1 is 1.00 bits per heavy atom. The van der Waals surface area contributed by atoms with Crippen LogP contribution in [-0.2, 0) is 20.8 Å². The van der Waals surface area contributed by atoms with Gasteiger partial charge in [0.1, 0.15) is 11.5 Å². The smallest absolute Gasteiger partial charge is 0.348 e. The molecule has 0 atom stereocenters. The maximum atomic E-state index is 12.9. The summed E-state index contributed by atoms with van der Waals surface area (Å²) >= 11 is 0. The van der Waals surface area contributed by atoms with Crippen LogP contribution in [0.3, 0.4) is 0 Å². The van der Waals surface area contributed by atoms with Crippen molar-refractivity contribution in [1.82, 2.24) is 19.7 Å². The van der Waals surface area contributed by atoms with Crippen LogP contribution in [0.15, 0.2) is 41.2 Å². The number of aromatic nitrogens is 3. The molecule has 0 spiro atoms. The van der Waals surface area contributed by atoms with Crippen LogP contribution in [0.4, 0.5) is 0 Å². The first kappa shape index (κ1) is 25.9. The second-order valence-corrected chi connectivity index (χ2v) is 8.89. The van der Waals surface area contributed by atoms with E-state index in [1.54, 1.807) is 24.9 Å². The monoisotopic (exact) mass is 498 g/mol. The minimum Gasteiger partial charge on any atom is -0.467 e.